The van der Waals surface area contributed by atoms with Crippen LogP contribution in [0.3, 0.4) is 0 Å². The van der Waals surface area contributed by atoms with Gasteiger partial charge in [-0.15, -0.1) is 0 Å². The fourth-order valence-corrected chi connectivity index (χ4v) is 3.54. The van der Waals surface area contributed by atoms with Crippen LogP contribution in [0, 0.1) is 5.92 Å². The zero-order chi connectivity index (χ0) is 15.1. The molecule has 0 aliphatic carbocycles. The molecule has 118 valence electrons. The van der Waals surface area contributed by atoms with Crippen LogP contribution in [0.25, 0.3) is 0 Å². The molecule has 2 unspecified atom stereocenters. The molecular formula is C19H34N2+2. The Bertz CT molecular complexity index is 414. The molecule has 1 aromatic heterocycles. The average Bonchev–Trinajstić information content (AvgIpc) is 2.89. The molecule has 2 heteroatoms. The predicted molar refractivity (Wildman–Crippen MR) is 88.3 cm³/mol. The standard InChI is InChI=1S/C19H33N2/c1-17(2)10-6-4-5-7-14-21-15-8-11-18(16-21)19-12-9-13-20(19)3/h8,11,15-17,19H,4-7,9-10,12-14H2,1-3H3/q+1/p+1. The van der Waals surface area contributed by atoms with E-state index in [0.717, 1.165) is 12.0 Å². The molecular weight excluding hydrogens is 256 g/mol. The molecule has 0 saturated carbocycles. The molecule has 1 aliphatic heterocycles. The van der Waals surface area contributed by atoms with Gasteiger partial charge >= 0.3 is 0 Å². The minimum Gasteiger partial charge on any atom is -0.331 e. The maximum atomic E-state index is 2.41. The maximum absolute atomic E-state index is 2.41. The molecule has 1 aromatic rings. The predicted octanol–water partition coefficient (Wildman–Crippen LogP) is 2.93. The van der Waals surface area contributed by atoms with E-state index < -0.39 is 0 Å². The minimum absolute atomic E-state index is 0.725. The largest absolute Gasteiger partial charge is 0.331 e. The van der Waals surface area contributed by atoms with Gasteiger partial charge in [0.25, 0.3) is 0 Å². The van der Waals surface area contributed by atoms with Gasteiger partial charge in [-0.2, -0.15) is 0 Å². The number of quaternary nitrogens is 1. The van der Waals surface area contributed by atoms with E-state index in [0.29, 0.717) is 0 Å². The number of hydrogen-bond donors (Lipinski definition) is 1. The van der Waals surface area contributed by atoms with Crippen molar-refractivity contribution in [1.29, 1.82) is 0 Å². The molecule has 0 aromatic carbocycles. The van der Waals surface area contributed by atoms with E-state index in [1.807, 2.05) is 0 Å². The number of aromatic nitrogens is 1. The molecule has 21 heavy (non-hydrogen) atoms. The van der Waals surface area contributed by atoms with E-state index in [2.05, 4.69) is 50.0 Å². The SMILES string of the molecule is CC(C)CCCCCC[n+]1cccc(C2CCC[NH+]2C)c1. The topological polar surface area (TPSA) is 8.32 Å². The van der Waals surface area contributed by atoms with Crippen LogP contribution in [0.15, 0.2) is 24.5 Å². The monoisotopic (exact) mass is 290 g/mol. The van der Waals surface area contributed by atoms with Gasteiger partial charge in [-0.05, 0) is 18.4 Å². The van der Waals surface area contributed by atoms with Crippen molar-refractivity contribution in [3.63, 3.8) is 0 Å². The van der Waals surface area contributed by atoms with E-state index in [-0.39, 0.29) is 0 Å². The smallest absolute Gasteiger partial charge is 0.177 e. The molecule has 2 nitrogen and oxygen atoms in total. The highest BCUT2D eigenvalue weighted by Crippen LogP contribution is 2.17. The van der Waals surface area contributed by atoms with Crippen LogP contribution in [0.4, 0.5) is 0 Å². The molecule has 1 fully saturated rings. The van der Waals surface area contributed by atoms with Gasteiger partial charge in [0.15, 0.2) is 12.4 Å². The Morgan fingerprint density at radius 2 is 2.05 bits per heavy atom. The Labute approximate surface area is 131 Å². The first kappa shape index (κ1) is 16.5. The molecule has 2 rings (SSSR count). The van der Waals surface area contributed by atoms with Gasteiger partial charge in [-0.1, -0.05) is 33.1 Å². The molecule has 0 spiro atoms. The molecule has 1 N–H and O–H groups in total. The Morgan fingerprint density at radius 3 is 2.76 bits per heavy atom. The first-order valence-electron chi connectivity index (χ1n) is 8.98. The third-order valence-corrected chi connectivity index (χ3v) is 4.89. The molecule has 0 bridgehead atoms. The number of nitrogens with one attached hydrogen (secondary N) is 1. The summed E-state index contributed by atoms with van der Waals surface area (Å²) in [5.41, 5.74) is 1.53. The van der Waals surface area contributed by atoms with Gasteiger partial charge in [-0.3, -0.25) is 0 Å². The van der Waals surface area contributed by atoms with Gasteiger partial charge in [0, 0.05) is 25.3 Å². The number of pyridine rings is 1. The van der Waals surface area contributed by atoms with Crippen molar-refractivity contribution in [2.75, 3.05) is 13.6 Å². The lowest BCUT2D eigenvalue weighted by atomic mass is 10.0. The van der Waals surface area contributed by atoms with Crippen molar-refractivity contribution in [3.05, 3.63) is 30.1 Å². The molecule has 0 amide bonds. The van der Waals surface area contributed by atoms with E-state index in [9.17, 15) is 0 Å². The summed E-state index contributed by atoms with van der Waals surface area (Å²) in [4.78, 5) is 1.68. The van der Waals surface area contributed by atoms with E-state index >= 15 is 0 Å². The fourth-order valence-electron chi connectivity index (χ4n) is 3.54. The van der Waals surface area contributed by atoms with Gasteiger partial charge in [-0.25, -0.2) is 4.57 Å². The van der Waals surface area contributed by atoms with Crippen LogP contribution in [0.2, 0.25) is 0 Å². The third kappa shape index (κ3) is 5.43. The number of rotatable bonds is 8. The van der Waals surface area contributed by atoms with Crippen LogP contribution in [-0.4, -0.2) is 13.6 Å². The lowest BCUT2D eigenvalue weighted by Gasteiger charge is -2.15. The summed E-state index contributed by atoms with van der Waals surface area (Å²) < 4.78 is 2.41. The zero-order valence-corrected chi connectivity index (χ0v) is 14.3. The van der Waals surface area contributed by atoms with Crippen molar-refractivity contribution in [2.24, 2.45) is 5.92 Å². The molecule has 1 aliphatic rings. The number of unbranched alkanes of at least 4 members (excludes halogenated alkanes) is 3. The summed E-state index contributed by atoms with van der Waals surface area (Å²) in [5.74, 6) is 0.863. The zero-order valence-electron chi connectivity index (χ0n) is 14.3. The highest BCUT2D eigenvalue weighted by atomic mass is 15.1. The fraction of sp³-hybridized carbons (Fsp3) is 0.737. The Balaban J connectivity index is 1.74. The highest BCUT2D eigenvalue weighted by Gasteiger charge is 2.28. The van der Waals surface area contributed by atoms with Crippen molar-refractivity contribution >= 4 is 0 Å². The van der Waals surface area contributed by atoms with Crippen LogP contribution in [0.5, 0.6) is 0 Å². The van der Waals surface area contributed by atoms with Crippen LogP contribution in [-0.2, 0) is 6.54 Å². The van der Waals surface area contributed by atoms with E-state index in [1.54, 1.807) is 4.90 Å². The number of likely N-dealkylation sites (tertiary alicyclic amines) is 1. The van der Waals surface area contributed by atoms with Gasteiger partial charge in [0.2, 0.25) is 0 Å². The summed E-state index contributed by atoms with van der Waals surface area (Å²) >= 11 is 0. The van der Waals surface area contributed by atoms with Crippen molar-refractivity contribution in [2.45, 2.75) is 71.4 Å². The van der Waals surface area contributed by atoms with Crippen LogP contribution >= 0.6 is 0 Å². The quantitative estimate of drug-likeness (QED) is 0.556. The Morgan fingerprint density at radius 1 is 1.24 bits per heavy atom. The lowest BCUT2D eigenvalue weighted by Crippen LogP contribution is -3.07. The van der Waals surface area contributed by atoms with E-state index in [1.165, 1.54) is 63.6 Å². The number of hydrogen-bond acceptors (Lipinski definition) is 0. The van der Waals surface area contributed by atoms with Crippen LogP contribution in [0.1, 0.15) is 70.4 Å². The Hall–Kier alpha value is -0.890. The minimum atomic E-state index is 0.725. The van der Waals surface area contributed by atoms with Crippen molar-refractivity contribution < 1.29 is 9.47 Å². The summed E-state index contributed by atoms with van der Waals surface area (Å²) in [6.07, 6.45) is 14.2. The highest BCUT2D eigenvalue weighted by molar-refractivity contribution is 5.09. The molecule has 2 atom stereocenters. The molecule has 1 saturated heterocycles. The second kappa shape index (κ2) is 8.53. The molecule has 0 radical (unpaired) electrons. The van der Waals surface area contributed by atoms with Crippen molar-refractivity contribution in [3.8, 4) is 0 Å². The summed E-state index contributed by atoms with van der Waals surface area (Å²) in [6, 6.07) is 5.28. The van der Waals surface area contributed by atoms with Crippen LogP contribution < -0.4 is 9.47 Å². The number of nitrogens with zero attached hydrogens (tertiary/aromatic N) is 1. The third-order valence-electron chi connectivity index (χ3n) is 4.89. The first-order chi connectivity index (χ1) is 10.2. The maximum Gasteiger partial charge on any atom is 0.177 e. The Kier molecular flexibility index (Phi) is 6.69. The number of aryl methyl sites for hydroxylation is 1. The van der Waals surface area contributed by atoms with Crippen molar-refractivity contribution in [1.82, 2.24) is 0 Å². The average molecular weight is 290 g/mol. The summed E-state index contributed by atoms with van der Waals surface area (Å²) in [7, 11) is 2.34. The van der Waals surface area contributed by atoms with Gasteiger partial charge in [0.05, 0.1) is 19.2 Å². The van der Waals surface area contributed by atoms with E-state index in [4.69, 9.17) is 0 Å². The second-order valence-corrected chi connectivity index (χ2v) is 7.26. The molecule has 2 heterocycles. The lowest BCUT2D eigenvalue weighted by molar-refractivity contribution is -0.898. The van der Waals surface area contributed by atoms with Gasteiger partial charge < -0.3 is 4.90 Å². The second-order valence-electron chi connectivity index (χ2n) is 7.26. The first-order valence-corrected chi connectivity index (χ1v) is 8.98. The summed E-state index contributed by atoms with van der Waals surface area (Å²) in [5, 5.41) is 0. The summed E-state index contributed by atoms with van der Waals surface area (Å²) in [6.45, 7) is 7.16. The normalized spacial score (nSPS) is 22.1. The van der Waals surface area contributed by atoms with Gasteiger partial charge in [0.1, 0.15) is 12.6 Å².